The van der Waals surface area contributed by atoms with Crippen molar-refractivity contribution in [2.75, 3.05) is 6.54 Å². The van der Waals surface area contributed by atoms with Gasteiger partial charge < -0.3 is 9.73 Å². The van der Waals surface area contributed by atoms with E-state index in [-0.39, 0.29) is 5.91 Å². The number of fused-ring (bicyclic) bond motifs is 1. The third-order valence-electron chi connectivity index (χ3n) is 3.34. The second-order valence-electron chi connectivity index (χ2n) is 4.92. The number of oxazole rings is 1. The number of nitrogens with zero attached hydrogens (tertiary/aromatic N) is 1. The molecule has 0 aliphatic heterocycles. The quantitative estimate of drug-likeness (QED) is 0.782. The fourth-order valence-electron chi connectivity index (χ4n) is 2.25. The second-order valence-corrected chi connectivity index (χ2v) is 4.92. The Labute approximate surface area is 122 Å². The van der Waals surface area contributed by atoms with Crippen LogP contribution in [0.5, 0.6) is 0 Å². The first-order valence-electron chi connectivity index (χ1n) is 6.94. The molecule has 0 bridgehead atoms. The molecule has 1 aromatic heterocycles. The van der Waals surface area contributed by atoms with Gasteiger partial charge in [-0.1, -0.05) is 36.4 Å². The molecule has 0 aliphatic rings. The van der Waals surface area contributed by atoms with E-state index in [1.54, 1.807) is 0 Å². The van der Waals surface area contributed by atoms with E-state index < -0.39 is 0 Å². The minimum absolute atomic E-state index is 0.0435. The van der Waals surface area contributed by atoms with E-state index in [9.17, 15) is 4.79 Å². The number of benzene rings is 2. The van der Waals surface area contributed by atoms with Crippen molar-refractivity contribution in [2.24, 2.45) is 0 Å². The van der Waals surface area contributed by atoms with Crippen molar-refractivity contribution in [3.05, 3.63) is 66.1 Å². The first kappa shape index (κ1) is 13.4. The molecule has 4 heteroatoms. The van der Waals surface area contributed by atoms with Gasteiger partial charge in [0, 0.05) is 6.54 Å². The lowest BCUT2D eigenvalue weighted by molar-refractivity contribution is -0.120. The van der Waals surface area contributed by atoms with Crippen LogP contribution in [0.1, 0.15) is 11.1 Å². The van der Waals surface area contributed by atoms with E-state index in [0.29, 0.717) is 13.0 Å². The molecule has 0 fully saturated rings. The van der Waals surface area contributed by atoms with Gasteiger partial charge in [0.2, 0.25) is 5.91 Å². The summed E-state index contributed by atoms with van der Waals surface area (Å²) >= 11 is 0. The van der Waals surface area contributed by atoms with Crippen molar-refractivity contribution in [3.63, 3.8) is 0 Å². The maximum atomic E-state index is 11.8. The molecule has 4 nitrogen and oxygen atoms in total. The number of hydrogen-bond acceptors (Lipinski definition) is 3. The Bertz CT molecular complexity index is 735. The Kier molecular flexibility index (Phi) is 3.96. The summed E-state index contributed by atoms with van der Waals surface area (Å²) < 4.78 is 5.27. The van der Waals surface area contributed by atoms with Crippen LogP contribution in [0.2, 0.25) is 0 Å². The molecule has 1 N–H and O–H groups in total. The average Bonchev–Trinajstić information content (AvgIpc) is 2.96. The Morgan fingerprint density at radius 2 is 1.95 bits per heavy atom. The highest BCUT2D eigenvalue weighted by molar-refractivity contribution is 5.78. The zero-order valence-electron chi connectivity index (χ0n) is 11.6. The Balaban J connectivity index is 1.50. The van der Waals surface area contributed by atoms with Crippen molar-refractivity contribution in [1.29, 1.82) is 0 Å². The first-order valence-corrected chi connectivity index (χ1v) is 6.94. The van der Waals surface area contributed by atoms with Crippen LogP contribution in [0.4, 0.5) is 0 Å². The lowest BCUT2D eigenvalue weighted by Crippen LogP contribution is -2.27. The van der Waals surface area contributed by atoms with Gasteiger partial charge >= 0.3 is 0 Å². The maximum absolute atomic E-state index is 11.8. The van der Waals surface area contributed by atoms with E-state index in [1.807, 2.05) is 48.5 Å². The van der Waals surface area contributed by atoms with E-state index in [4.69, 9.17) is 4.42 Å². The van der Waals surface area contributed by atoms with Gasteiger partial charge in [0.25, 0.3) is 0 Å². The van der Waals surface area contributed by atoms with E-state index in [0.717, 1.165) is 28.6 Å². The predicted octanol–water partition coefficient (Wildman–Crippen LogP) is 2.73. The average molecular weight is 280 g/mol. The maximum Gasteiger partial charge on any atom is 0.224 e. The van der Waals surface area contributed by atoms with Crippen molar-refractivity contribution < 1.29 is 9.21 Å². The van der Waals surface area contributed by atoms with Crippen LogP contribution in [0, 0.1) is 0 Å². The molecule has 106 valence electrons. The van der Waals surface area contributed by atoms with E-state index >= 15 is 0 Å². The van der Waals surface area contributed by atoms with Gasteiger partial charge in [-0.25, -0.2) is 4.98 Å². The van der Waals surface area contributed by atoms with Crippen LogP contribution in [0.15, 0.2) is 59.3 Å². The molecular weight excluding hydrogens is 264 g/mol. The summed E-state index contributed by atoms with van der Waals surface area (Å²) in [6.07, 6.45) is 2.63. The van der Waals surface area contributed by atoms with Crippen molar-refractivity contribution >= 4 is 17.0 Å². The van der Waals surface area contributed by atoms with Crippen molar-refractivity contribution in [2.45, 2.75) is 12.8 Å². The summed E-state index contributed by atoms with van der Waals surface area (Å²) in [6, 6.07) is 15.6. The fraction of sp³-hybridized carbons (Fsp3) is 0.176. The molecule has 1 amide bonds. The van der Waals surface area contributed by atoms with E-state index in [1.165, 1.54) is 6.39 Å². The number of amides is 1. The predicted molar refractivity (Wildman–Crippen MR) is 80.9 cm³/mol. The molecule has 21 heavy (non-hydrogen) atoms. The van der Waals surface area contributed by atoms with Crippen molar-refractivity contribution in [1.82, 2.24) is 10.3 Å². The second kappa shape index (κ2) is 6.22. The lowest BCUT2D eigenvalue weighted by Gasteiger charge is -2.05. The van der Waals surface area contributed by atoms with Gasteiger partial charge in [0.05, 0.1) is 6.42 Å². The summed E-state index contributed by atoms with van der Waals surface area (Å²) in [5.74, 6) is 0.0435. The third kappa shape index (κ3) is 3.48. The van der Waals surface area contributed by atoms with Crippen LogP contribution < -0.4 is 5.32 Å². The molecule has 0 saturated heterocycles. The molecule has 0 spiro atoms. The zero-order valence-corrected chi connectivity index (χ0v) is 11.6. The summed E-state index contributed by atoms with van der Waals surface area (Å²) in [7, 11) is 0. The summed E-state index contributed by atoms with van der Waals surface area (Å²) in [4.78, 5) is 15.9. The molecule has 2 aromatic carbocycles. The Morgan fingerprint density at radius 3 is 2.81 bits per heavy atom. The molecule has 0 saturated carbocycles. The first-order chi connectivity index (χ1) is 10.3. The normalized spacial score (nSPS) is 10.7. The molecule has 0 radical (unpaired) electrons. The van der Waals surface area contributed by atoms with Crippen molar-refractivity contribution in [3.8, 4) is 0 Å². The molecule has 0 atom stereocenters. The minimum Gasteiger partial charge on any atom is -0.443 e. The number of carbonyl (C=O) groups excluding carboxylic acids is 1. The van der Waals surface area contributed by atoms with Crippen LogP contribution >= 0.6 is 0 Å². The Morgan fingerprint density at radius 1 is 1.10 bits per heavy atom. The lowest BCUT2D eigenvalue weighted by atomic mass is 10.1. The molecule has 1 heterocycles. The summed E-state index contributed by atoms with van der Waals surface area (Å²) in [5, 5.41) is 2.94. The molecule has 0 unspecified atom stereocenters. The van der Waals surface area contributed by atoms with Gasteiger partial charge in [-0.3, -0.25) is 4.79 Å². The Hall–Kier alpha value is -2.62. The monoisotopic (exact) mass is 280 g/mol. The smallest absolute Gasteiger partial charge is 0.224 e. The largest absolute Gasteiger partial charge is 0.443 e. The number of rotatable bonds is 5. The standard InChI is InChI=1S/C17H16N2O2/c20-17(11-13-4-2-1-3-5-13)18-9-8-14-6-7-15-16(10-14)21-12-19-15/h1-7,10,12H,8-9,11H2,(H,18,20). The molecule has 3 rings (SSSR count). The number of carbonyl (C=O) groups is 1. The topological polar surface area (TPSA) is 55.1 Å². The van der Waals surface area contributed by atoms with Gasteiger partial charge in [-0.05, 0) is 29.7 Å². The highest BCUT2D eigenvalue weighted by atomic mass is 16.3. The van der Waals surface area contributed by atoms with E-state index in [2.05, 4.69) is 10.3 Å². The van der Waals surface area contributed by atoms with Gasteiger partial charge in [-0.15, -0.1) is 0 Å². The van der Waals surface area contributed by atoms with Crippen LogP contribution in [0.25, 0.3) is 11.1 Å². The SMILES string of the molecule is O=C(Cc1ccccc1)NCCc1ccc2ncoc2c1. The highest BCUT2D eigenvalue weighted by Gasteiger charge is 2.04. The summed E-state index contributed by atoms with van der Waals surface area (Å²) in [6.45, 7) is 0.616. The van der Waals surface area contributed by atoms with Gasteiger partial charge in [-0.2, -0.15) is 0 Å². The number of aromatic nitrogens is 1. The summed E-state index contributed by atoms with van der Waals surface area (Å²) in [5.41, 5.74) is 3.78. The molecule has 0 aliphatic carbocycles. The van der Waals surface area contributed by atoms with Crippen LogP contribution in [-0.2, 0) is 17.6 Å². The minimum atomic E-state index is 0.0435. The fourth-order valence-corrected chi connectivity index (χ4v) is 2.25. The number of hydrogen-bond donors (Lipinski definition) is 1. The third-order valence-corrected chi connectivity index (χ3v) is 3.34. The zero-order chi connectivity index (χ0) is 14.5. The highest BCUT2D eigenvalue weighted by Crippen LogP contribution is 2.14. The van der Waals surface area contributed by atoms with Gasteiger partial charge in [0.1, 0.15) is 5.52 Å². The molecule has 3 aromatic rings. The number of nitrogens with one attached hydrogen (secondary N) is 1. The van der Waals surface area contributed by atoms with Gasteiger partial charge in [0.15, 0.2) is 12.0 Å². The van der Waals surface area contributed by atoms with Crippen LogP contribution in [-0.4, -0.2) is 17.4 Å². The molecular formula is C17H16N2O2. The van der Waals surface area contributed by atoms with Crippen LogP contribution in [0.3, 0.4) is 0 Å².